The topological polar surface area (TPSA) is 16.4 Å². The SMILES string of the molecule is [2H]c1cc2c([2H])cc3c4cc(-c5ccccc5-c5cc([2H])c(N(c6c([2H])cc(-c7ccccc7)cc6[2H])c6c([2H])cc7c(c6[2H])C(C)(C)c6ccccc6-7)c([2H])c5)cc(-c5c([2H])c([2H])c([2H])c([2H])c5[2H])c4oc3c2c([2H])c1[2H]. The van der Waals surface area contributed by atoms with Gasteiger partial charge in [0.2, 0.25) is 0 Å². The molecule has 0 aliphatic heterocycles. The number of nitrogens with zero attached hydrogens (tertiary/aromatic N) is 1. The highest BCUT2D eigenvalue weighted by atomic mass is 16.3. The van der Waals surface area contributed by atoms with Gasteiger partial charge in [0.25, 0.3) is 0 Å². The van der Waals surface area contributed by atoms with Gasteiger partial charge >= 0.3 is 0 Å². The van der Waals surface area contributed by atoms with E-state index in [2.05, 4.69) is 0 Å². The number of furan rings is 1. The first-order valence-corrected chi connectivity index (χ1v) is 20.6. The maximum absolute atomic E-state index is 10.0. The Bertz CT molecular complexity index is 4360. The normalized spacial score (nSPS) is 16.1. The molecule has 0 radical (unpaired) electrons. The van der Waals surface area contributed by atoms with E-state index in [0.29, 0.717) is 49.7 Å². The van der Waals surface area contributed by atoms with Crippen molar-refractivity contribution in [1.82, 2.24) is 0 Å². The summed E-state index contributed by atoms with van der Waals surface area (Å²) >= 11 is 0. The van der Waals surface area contributed by atoms with E-state index in [1.807, 2.05) is 68.4 Å². The third-order valence-corrected chi connectivity index (χ3v) is 12.1. The third kappa shape index (κ3) is 6.09. The molecule has 1 aliphatic rings. The summed E-state index contributed by atoms with van der Waals surface area (Å²) in [4.78, 5) is 1.38. The van der Waals surface area contributed by atoms with Crippen LogP contribution in [0.4, 0.5) is 17.1 Å². The summed E-state index contributed by atoms with van der Waals surface area (Å²) in [5, 5.41) is 1.01. The van der Waals surface area contributed by atoms with E-state index >= 15 is 0 Å². The van der Waals surface area contributed by atoms with Crippen molar-refractivity contribution in [3.05, 3.63) is 235 Å². The Balaban J connectivity index is 1.09. The Morgan fingerprint density at radius 3 is 1.78 bits per heavy atom. The van der Waals surface area contributed by atoms with Crippen molar-refractivity contribution in [2.24, 2.45) is 0 Å². The first-order chi connectivity index (χ1) is 37.2. The standard InChI is InChI=1S/C61H43NO/c1-61(2)57-24-14-13-23-52(57)53-36-34-48(39-58(53)61)62(46-30-25-41(26-31-46)40-15-5-3-6-16-40)47-32-27-44(28-33-47)49-20-11-12-21-50(49)45-37-55(42-17-7-4-8-18-42)60-56(38-45)54-35-29-43-19-9-10-22-51(43)59(54)63-60/h3-39H,1-2H3/i4D,7D,8D,9D,10D,17D,18D,22D,29D,30D,31D,32D,33D,34D,39D. The number of benzene rings is 10. The summed E-state index contributed by atoms with van der Waals surface area (Å²) in [6.45, 7) is 4.02. The Labute approximate surface area is 389 Å². The monoisotopic (exact) mass is 820 g/mol. The molecule has 0 spiro atoms. The number of fused-ring (bicyclic) bond motifs is 8. The largest absolute Gasteiger partial charge is 0.455 e. The van der Waals surface area contributed by atoms with Crippen LogP contribution in [0.2, 0.25) is 0 Å². The molecule has 298 valence electrons. The Kier molecular flexibility index (Phi) is 5.68. The van der Waals surface area contributed by atoms with Gasteiger partial charge in [0, 0.05) is 44.2 Å². The van der Waals surface area contributed by atoms with Crippen molar-refractivity contribution >= 4 is 49.8 Å². The van der Waals surface area contributed by atoms with Gasteiger partial charge in [0.15, 0.2) is 0 Å². The van der Waals surface area contributed by atoms with Crippen molar-refractivity contribution in [2.45, 2.75) is 19.3 Å². The molecular weight excluding hydrogens is 763 g/mol. The van der Waals surface area contributed by atoms with E-state index in [1.54, 1.807) is 66.7 Å². The molecule has 11 aromatic rings. The molecule has 0 unspecified atom stereocenters. The zero-order valence-electron chi connectivity index (χ0n) is 49.1. The molecule has 0 atom stereocenters. The zero-order valence-corrected chi connectivity index (χ0v) is 34.1. The summed E-state index contributed by atoms with van der Waals surface area (Å²) in [5.41, 5.74) is 5.75. The van der Waals surface area contributed by atoms with Gasteiger partial charge in [-0.05, 0) is 121 Å². The molecule has 2 heteroatoms. The van der Waals surface area contributed by atoms with E-state index in [-0.39, 0.29) is 111 Å². The van der Waals surface area contributed by atoms with E-state index in [9.17, 15) is 8.22 Å². The lowest BCUT2D eigenvalue weighted by Gasteiger charge is -2.28. The van der Waals surface area contributed by atoms with E-state index in [1.165, 1.54) is 17.0 Å². The minimum atomic E-state index is -0.698. The van der Waals surface area contributed by atoms with Crippen molar-refractivity contribution in [3.8, 4) is 55.6 Å². The van der Waals surface area contributed by atoms with Gasteiger partial charge in [0.05, 0.1) is 20.6 Å². The first-order valence-electron chi connectivity index (χ1n) is 28.1. The highest BCUT2D eigenvalue weighted by molar-refractivity contribution is 6.18. The predicted octanol–water partition coefficient (Wildman–Crippen LogP) is 17.2. The molecule has 0 saturated carbocycles. The minimum absolute atomic E-state index is 0.000276. The van der Waals surface area contributed by atoms with E-state index in [4.69, 9.17) is 16.8 Å². The number of rotatable bonds is 7. The van der Waals surface area contributed by atoms with Crippen LogP contribution in [0, 0.1) is 0 Å². The fourth-order valence-electron chi connectivity index (χ4n) is 9.00. The Morgan fingerprint density at radius 2 is 1.02 bits per heavy atom. The fourth-order valence-corrected chi connectivity index (χ4v) is 9.00. The van der Waals surface area contributed by atoms with Crippen molar-refractivity contribution in [2.75, 3.05) is 4.90 Å². The van der Waals surface area contributed by atoms with Crippen LogP contribution >= 0.6 is 0 Å². The minimum Gasteiger partial charge on any atom is -0.455 e. The molecule has 1 heterocycles. The molecule has 0 amide bonds. The summed E-state index contributed by atoms with van der Waals surface area (Å²) in [6, 6.07) is 33.9. The van der Waals surface area contributed by atoms with Gasteiger partial charge in [-0.2, -0.15) is 0 Å². The summed E-state index contributed by atoms with van der Waals surface area (Å²) in [7, 11) is 0. The van der Waals surface area contributed by atoms with Crippen LogP contribution in [-0.4, -0.2) is 0 Å². The summed E-state index contributed by atoms with van der Waals surface area (Å²) < 4.78 is 144. The molecule has 1 aliphatic carbocycles. The number of hydrogen-bond donors (Lipinski definition) is 0. The van der Waals surface area contributed by atoms with E-state index in [0.717, 1.165) is 16.7 Å². The molecule has 0 N–H and O–H groups in total. The van der Waals surface area contributed by atoms with Gasteiger partial charge < -0.3 is 9.32 Å². The summed E-state index contributed by atoms with van der Waals surface area (Å²) in [6.07, 6.45) is 0. The Morgan fingerprint density at radius 1 is 0.397 bits per heavy atom. The van der Waals surface area contributed by atoms with Crippen LogP contribution in [0.25, 0.3) is 88.3 Å². The average molecular weight is 821 g/mol. The fraction of sp³-hybridized carbons (Fsp3) is 0.0492. The highest BCUT2D eigenvalue weighted by Crippen LogP contribution is 2.51. The predicted molar refractivity (Wildman–Crippen MR) is 265 cm³/mol. The second-order valence-electron chi connectivity index (χ2n) is 16.1. The second kappa shape index (κ2) is 14.6. The van der Waals surface area contributed by atoms with Crippen molar-refractivity contribution in [1.29, 1.82) is 0 Å². The number of hydrogen-bond acceptors (Lipinski definition) is 2. The van der Waals surface area contributed by atoms with Gasteiger partial charge in [-0.25, -0.2) is 0 Å². The van der Waals surface area contributed by atoms with Crippen LogP contribution in [0.15, 0.2) is 229 Å². The van der Waals surface area contributed by atoms with Crippen LogP contribution in [0.5, 0.6) is 0 Å². The highest BCUT2D eigenvalue weighted by Gasteiger charge is 2.35. The van der Waals surface area contributed by atoms with Crippen LogP contribution in [0.3, 0.4) is 0 Å². The lowest BCUT2D eigenvalue weighted by Crippen LogP contribution is -2.16. The summed E-state index contributed by atoms with van der Waals surface area (Å²) in [5.74, 6) is 0. The van der Waals surface area contributed by atoms with Gasteiger partial charge in [-0.15, -0.1) is 0 Å². The third-order valence-electron chi connectivity index (χ3n) is 12.1. The molecule has 1 aromatic heterocycles. The van der Waals surface area contributed by atoms with Gasteiger partial charge in [-0.1, -0.05) is 183 Å². The molecular formula is C61H43NO. The van der Waals surface area contributed by atoms with E-state index < -0.39 is 35.6 Å². The lowest BCUT2D eigenvalue weighted by atomic mass is 9.82. The molecule has 0 bridgehead atoms. The van der Waals surface area contributed by atoms with Crippen LogP contribution in [-0.2, 0) is 5.41 Å². The molecule has 2 nitrogen and oxygen atoms in total. The molecule has 0 saturated heterocycles. The molecule has 0 fully saturated rings. The van der Waals surface area contributed by atoms with Crippen LogP contribution < -0.4 is 4.90 Å². The maximum Gasteiger partial charge on any atom is 0.143 e. The zero-order chi connectivity index (χ0) is 55.1. The van der Waals surface area contributed by atoms with Gasteiger partial charge in [0.1, 0.15) is 11.2 Å². The number of anilines is 3. The molecule has 63 heavy (non-hydrogen) atoms. The van der Waals surface area contributed by atoms with Crippen molar-refractivity contribution < 1.29 is 25.0 Å². The quantitative estimate of drug-likeness (QED) is 0.159. The van der Waals surface area contributed by atoms with Crippen LogP contribution in [0.1, 0.15) is 45.5 Å². The van der Waals surface area contributed by atoms with Crippen molar-refractivity contribution in [3.63, 3.8) is 0 Å². The maximum atomic E-state index is 10.0. The molecule has 10 aromatic carbocycles. The average Bonchev–Trinajstić information content (AvgIpc) is 4.09. The second-order valence-corrected chi connectivity index (χ2v) is 16.1. The first kappa shape index (κ1) is 24.5. The Hall–Kier alpha value is -7.94. The van der Waals surface area contributed by atoms with Gasteiger partial charge in [-0.3, -0.25) is 0 Å². The smallest absolute Gasteiger partial charge is 0.143 e. The molecule has 12 rings (SSSR count). The lowest BCUT2D eigenvalue weighted by molar-refractivity contribution is 0.660.